The monoisotopic (exact) mass is 196 g/mol. The SMILES string of the molecule is Fc1cnccc1OC1CCNCC1. The lowest BCUT2D eigenvalue weighted by Gasteiger charge is -2.23. The number of ether oxygens (including phenoxy) is 1. The van der Waals surface area contributed by atoms with Gasteiger partial charge in [-0.3, -0.25) is 4.98 Å². The fourth-order valence-electron chi connectivity index (χ4n) is 1.55. The molecular formula is C10H13FN2O. The largest absolute Gasteiger partial charge is 0.487 e. The molecular weight excluding hydrogens is 183 g/mol. The fraction of sp³-hybridized carbons (Fsp3) is 0.500. The van der Waals surface area contributed by atoms with Gasteiger partial charge >= 0.3 is 0 Å². The van der Waals surface area contributed by atoms with Crippen molar-refractivity contribution in [1.82, 2.24) is 10.3 Å². The molecule has 3 nitrogen and oxygen atoms in total. The normalized spacial score (nSPS) is 18.1. The number of hydrogen-bond donors (Lipinski definition) is 1. The number of aromatic nitrogens is 1. The Balaban J connectivity index is 1.99. The predicted molar refractivity (Wildman–Crippen MR) is 50.7 cm³/mol. The Bertz CT molecular complexity index is 300. The third kappa shape index (κ3) is 2.20. The van der Waals surface area contributed by atoms with Crippen molar-refractivity contribution in [2.45, 2.75) is 18.9 Å². The Labute approximate surface area is 82.3 Å². The van der Waals surface area contributed by atoms with Gasteiger partial charge in [0.2, 0.25) is 0 Å². The first-order valence-corrected chi connectivity index (χ1v) is 4.83. The van der Waals surface area contributed by atoms with E-state index < -0.39 is 0 Å². The van der Waals surface area contributed by atoms with E-state index in [2.05, 4.69) is 10.3 Å². The molecule has 14 heavy (non-hydrogen) atoms. The molecule has 0 aromatic carbocycles. The molecule has 1 aliphatic rings. The van der Waals surface area contributed by atoms with Gasteiger partial charge in [0.25, 0.3) is 0 Å². The van der Waals surface area contributed by atoms with Gasteiger partial charge in [0.1, 0.15) is 6.10 Å². The van der Waals surface area contributed by atoms with E-state index in [0.717, 1.165) is 25.9 Å². The Hall–Kier alpha value is -1.16. The molecule has 4 heteroatoms. The van der Waals surface area contributed by atoms with Crippen LogP contribution in [0.25, 0.3) is 0 Å². The summed E-state index contributed by atoms with van der Waals surface area (Å²) in [5.74, 6) is -0.0714. The maximum absolute atomic E-state index is 13.1. The second-order valence-corrected chi connectivity index (χ2v) is 3.37. The van der Waals surface area contributed by atoms with E-state index in [1.807, 2.05) is 0 Å². The van der Waals surface area contributed by atoms with E-state index in [0.29, 0.717) is 5.75 Å². The lowest BCUT2D eigenvalue weighted by molar-refractivity contribution is 0.155. The fourth-order valence-corrected chi connectivity index (χ4v) is 1.55. The molecule has 0 aliphatic carbocycles. The maximum Gasteiger partial charge on any atom is 0.183 e. The second kappa shape index (κ2) is 4.37. The molecule has 1 aliphatic heterocycles. The molecule has 0 bridgehead atoms. The van der Waals surface area contributed by atoms with Gasteiger partial charge in [-0.1, -0.05) is 0 Å². The minimum Gasteiger partial charge on any atom is -0.487 e. The highest BCUT2D eigenvalue weighted by Gasteiger charge is 2.15. The van der Waals surface area contributed by atoms with Crippen LogP contribution in [-0.4, -0.2) is 24.2 Å². The van der Waals surface area contributed by atoms with Crippen molar-refractivity contribution in [3.05, 3.63) is 24.3 Å². The number of halogens is 1. The zero-order chi connectivity index (χ0) is 9.80. The average molecular weight is 196 g/mol. The first-order valence-electron chi connectivity index (χ1n) is 4.83. The molecule has 0 amide bonds. The lowest BCUT2D eigenvalue weighted by atomic mass is 10.1. The van der Waals surface area contributed by atoms with E-state index in [9.17, 15) is 4.39 Å². The number of nitrogens with one attached hydrogen (secondary N) is 1. The van der Waals surface area contributed by atoms with E-state index in [4.69, 9.17) is 4.74 Å². The molecule has 0 unspecified atom stereocenters. The summed E-state index contributed by atoms with van der Waals surface area (Å²) in [6.45, 7) is 1.88. The summed E-state index contributed by atoms with van der Waals surface area (Å²) in [5.41, 5.74) is 0. The van der Waals surface area contributed by atoms with Crippen LogP contribution in [0.15, 0.2) is 18.5 Å². The zero-order valence-corrected chi connectivity index (χ0v) is 7.87. The highest BCUT2D eigenvalue weighted by Crippen LogP contribution is 2.18. The molecule has 1 aromatic rings. The van der Waals surface area contributed by atoms with Crippen LogP contribution in [0.1, 0.15) is 12.8 Å². The first kappa shape index (κ1) is 9.40. The molecule has 2 heterocycles. The molecule has 0 saturated carbocycles. The maximum atomic E-state index is 13.1. The molecule has 1 aromatic heterocycles. The Kier molecular flexibility index (Phi) is 2.93. The van der Waals surface area contributed by atoms with E-state index in [1.54, 1.807) is 12.3 Å². The first-order chi connectivity index (χ1) is 6.86. The molecule has 0 radical (unpaired) electrons. The van der Waals surface area contributed by atoms with Gasteiger partial charge in [-0.05, 0) is 25.9 Å². The zero-order valence-electron chi connectivity index (χ0n) is 7.87. The molecule has 2 rings (SSSR count). The number of rotatable bonds is 2. The molecule has 1 saturated heterocycles. The van der Waals surface area contributed by atoms with Crippen LogP contribution in [0.3, 0.4) is 0 Å². The summed E-state index contributed by atoms with van der Waals surface area (Å²) in [6.07, 6.45) is 4.72. The van der Waals surface area contributed by atoms with Crippen LogP contribution in [0.5, 0.6) is 5.75 Å². The van der Waals surface area contributed by atoms with E-state index in [1.165, 1.54) is 6.20 Å². The summed E-state index contributed by atoms with van der Waals surface area (Å²) in [4.78, 5) is 3.67. The van der Waals surface area contributed by atoms with Crippen molar-refractivity contribution >= 4 is 0 Å². The van der Waals surface area contributed by atoms with Crippen LogP contribution in [-0.2, 0) is 0 Å². The topological polar surface area (TPSA) is 34.1 Å². The van der Waals surface area contributed by atoms with Crippen molar-refractivity contribution in [3.8, 4) is 5.75 Å². The number of pyridine rings is 1. The molecule has 0 atom stereocenters. The van der Waals surface area contributed by atoms with Gasteiger partial charge in [-0.15, -0.1) is 0 Å². The van der Waals surface area contributed by atoms with Crippen LogP contribution in [0.4, 0.5) is 4.39 Å². The van der Waals surface area contributed by atoms with Crippen molar-refractivity contribution in [2.24, 2.45) is 0 Å². The minimum absolute atomic E-state index is 0.133. The number of piperidine rings is 1. The third-order valence-corrected chi connectivity index (χ3v) is 2.32. The van der Waals surface area contributed by atoms with Crippen molar-refractivity contribution in [1.29, 1.82) is 0 Å². The van der Waals surface area contributed by atoms with Gasteiger partial charge < -0.3 is 10.1 Å². The van der Waals surface area contributed by atoms with Crippen molar-refractivity contribution in [2.75, 3.05) is 13.1 Å². The summed E-state index contributed by atoms with van der Waals surface area (Å²) in [5, 5.41) is 3.23. The molecule has 1 fully saturated rings. The van der Waals surface area contributed by atoms with Gasteiger partial charge in [0, 0.05) is 12.3 Å². The van der Waals surface area contributed by atoms with Crippen LogP contribution in [0.2, 0.25) is 0 Å². The minimum atomic E-state index is -0.383. The highest BCUT2D eigenvalue weighted by molar-refractivity contribution is 5.20. The smallest absolute Gasteiger partial charge is 0.183 e. The van der Waals surface area contributed by atoms with Gasteiger partial charge in [-0.25, -0.2) is 4.39 Å². The van der Waals surface area contributed by atoms with Crippen LogP contribution in [0, 0.1) is 5.82 Å². The van der Waals surface area contributed by atoms with E-state index in [-0.39, 0.29) is 11.9 Å². The number of nitrogens with zero attached hydrogens (tertiary/aromatic N) is 1. The molecule has 0 spiro atoms. The van der Waals surface area contributed by atoms with Gasteiger partial charge in [0.15, 0.2) is 11.6 Å². The van der Waals surface area contributed by atoms with Gasteiger partial charge in [0.05, 0.1) is 6.20 Å². The van der Waals surface area contributed by atoms with Gasteiger partial charge in [-0.2, -0.15) is 0 Å². The Morgan fingerprint density at radius 1 is 1.43 bits per heavy atom. The van der Waals surface area contributed by atoms with Crippen molar-refractivity contribution < 1.29 is 9.13 Å². The summed E-state index contributed by atoms with van der Waals surface area (Å²) in [7, 11) is 0. The summed E-state index contributed by atoms with van der Waals surface area (Å²) < 4.78 is 18.7. The van der Waals surface area contributed by atoms with Crippen LogP contribution >= 0.6 is 0 Å². The summed E-state index contributed by atoms with van der Waals surface area (Å²) in [6, 6.07) is 1.57. The third-order valence-electron chi connectivity index (χ3n) is 2.32. The molecule has 1 N–H and O–H groups in total. The standard InChI is InChI=1S/C10H13FN2O/c11-9-7-13-6-3-10(9)14-8-1-4-12-5-2-8/h3,6-8,12H,1-2,4-5H2. The van der Waals surface area contributed by atoms with Crippen LogP contribution < -0.4 is 10.1 Å². The number of hydrogen-bond acceptors (Lipinski definition) is 3. The van der Waals surface area contributed by atoms with Crippen molar-refractivity contribution in [3.63, 3.8) is 0 Å². The predicted octanol–water partition coefficient (Wildman–Crippen LogP) is 1.35. The van der Waals surface area contributed by atoms with E-state index >= 15 is 0 Å². The summed E-state index contributed by atoms with van der Waals surface area (Å²) >= 11 is 0. The Morgan fingerprint density at radius 3 is 2.93 bits per heavy atom. The highest BCUT2D eigenvalue weighted by atomic mass is 19.1. The quantitative estimate of drug-likeness (QED) is 0.775. The molecule has 76 valence electrons. The lowest BCUT2D eigenvalue weighted by Crippen LogP contribution is -2.34. The average Bonchev–Trinajstić information content (AvgIpc) is 2.23. The second-order valence-electron chi connectivity index (χ2n) is 3.37. The Morgan fingerprint density at radius 2 is 2.21 bits per heavy atom.